The molecular weight excluding hydrogens is 337 g/mol. The average Bonchev–Trinajstić information content (AvgIpc) is 3.06. The monoisotopic (exact) mass is 356 g/mol. The Morgan fingerprint density at radius 3 is 2.40 bits per heavy atom. The zero-order valence-corrected chi connectivity index (χ0v) is 14.0. The van der Waals surface area contributed by atoms with Crippen molar-refractivity contribution in [2.45, 2.75) is 38.1 Å². The molecule has 2 atom stereocenters. The molecule has 0 bridgehead atoms. The number of hydrogen-bond acceptors (Lipinski definition) is 4. The van der Waals surface area contributed by atoms with Crippen LogP contribution in [0.3, 0.4) is 0 Å². The lowest BCUT2D eigenvalue weighted by Gasteiger charge is -2.31. The van der Waals surface area contributed by atoms with Crippen LogP contribution < -0.4 is 0 Å². The Kier molecular flexibility index (Phi) is 5.17. The van der Waals surface area contributed by atoms with Crippen molar-refractivity contribution in [3.63, 3.8) is 0 Å². The molecule has 1 heterocycles. The summed E-state index contributed by atoms with van der Waals surface area (Å²) in [4.78, 5) is 17.1. The summed E-state index contributed by atoms with van der Waals surface area (Å²) in [6.45, 7) is 2.29. The molecule has 9 heteroatoms. The number of amides is 1. The van der Waals surface area contributed by atoms with Crippen LogP contribution in [0.1, 0.15) is 31.9 Å². The Hall–Kier alpha value is -2.42. The normalized spacial score (nSPS) is 15.5. The number of benzene rings is 1. The SMILES string of the molecule is C[C@H](c1ccc(-n2cncn2)cc1)N(C)C(=O)C[C@](C)(O)C(F)(F)F. The van der Waals surface area contributed by atoms with Gasteiger partial charge in [0, 0.05) is 7.05 Å². The number of hydrogen-bond donors (Lipinski definition) is 1. The smallest absolute Gasteiger partial charge is 0.380 e. The van der Waals surface area contributed by atoms with E-state index in [0.29, 0.717) is 6.92 Å². The molecule has 0 unspecified atom stereocenters. The van der Waals surface area contributed by atoms with E-state index in [-0.39, 0.29) is 0 Å². The predicted molar refractivity (Wildman–Crippen MR) is 83.8 cm³/mol. The van der Waals surface area contributed by atoms with Gasteiger partial charge in [-0.15, -0.1) is 0 Å². The van der Waals surface area contributed by atoms with Gasteiger partial charge >= 0.3 is 6.18 Å². The third-order valence-electron chi connectivity index (χ3n) is 4.14. The van der Waals surface area contributed by atoms with Gasteiger partial charge in [0.2, 0.25) is 5.91 Å². The molecule has 1 aromatic carbocycles. The molecule has 2 aromatic rings. The molecular formula is C16H19F3N4O2. The van der Waals surface area contributed by atoms with Gasteiger partial charge in [0.25, 0.3) is 0 Å². The highest BCUT2D eigenvalue weighted by Gasteiger charge is 2.51. The molecule has 136 valence electrons. The molecule has 1 amide bonds. The highest BCUT2D eigenvalue weighted by Crippen LogP contribution is 2.33. The van der Waals surface area contributed by atoms with Crippen LogP contribution in [0.4, 0.5) is 13.2 Å². The van der Waals surface area contributed by atoms with E-state index in [1.165, 1.54) is 24.6 Å². The molecule has 0 radical (unpaired) electrons. The number of aromatic nitrogens is 3. The first-order valence-electron chi connectivity index (χ1n) is 7.52. The van der Waals surface area contributed by atoms with Gasteiger partial charge in [-0.3, -0.25) is 4.79 Å². The Morgan fingerprint density at radius 1 is 1.32 bits per heavy atom. The Labute approximate surface area is 142 Å². The lowest BCUT2D eigenvalue weighted by atomic mass is 9.99. The molecule has 2 rings (SSSR count). The molecule has 0 aliphatic rings. The van der Waals surface area contributed by atoms with Crippen LogP contribution in [0, 0.1) is 0 Å². The molecule has 0 aliphatic heterocycles. The van der Waals surface area contributed by atoms with Crippen molar-refractivity contribution < 1.29 is 23.1 Å². The second-order valence-corrected chi connectivity index (χ2v) is 6.06. The zero-order valence-electron chi connectivity index (χ0n) is 14.0. The summed E-state index contributed by atoms with van der Waals surface area (Å²) >= 11 is 0. The molecule has 25 heavy (non-hydrogen) atoms. The van der Waals surface area contributed by atoms with Gasteiger partial charge in [0.15, 0.2) is 5.60 Å². The maximum atomic E-state index is 12.7. The topological polar surface area (TPSA) is 71.2 Å². The van der Waals surface area contributed by atoms with E-state index in [1.54, 1.807) is 35.9 Å². The molecule has 1 N–H and O–H groups in total. The summed E-state index contributed by atoms with van der Waals surface area (Å²) in [5.41, 5.74) is -1.55. The summed E-state index contributed by atoms with van der Waals surface area (Å²) in [5, 5.41) is 13.5. The molecule has 0 saturated heterocycles. The molecule has 6 nitrogen and oxygen atoms in total. The fourth-order valence-corrected chi connectivity index (χ4v) is 2.21. The summed E-state index contributed by atoms with van der Waals surface area (Å²) in [6, 6.07) is 6.59. The summed E-state index contributed by atoms with van der Waals surface area (Å²) in [7, 11) is 1.41. The van der Waals surface area contributed by atoms with Crippen LogP contribution >= 0.6 is 0 Å². The lowest BCUT2D eigenvalue weighted by molar-refractivity contribution is -0.254. The van der Waals surface area contributed by atoms with Gasteiger partial charge < -0.3 is 10.0 Å². The highest BCUT2D eigenvalue weighted by atomic mass is 19.4. The summed E-state index contributed by atoms with van der Waals surface area (Å²) in [6.07, 6.45) is -2.97. The minimum Gasteiger partial charge on any atom is -0.380 e. The van der Waals surface area contributed by atoms with E-state index >= 15 is 0 Å². The standard InChI is InChI=1S/C16H19F3N4O2/c1-11(22(3)14(24)8-15(2,25)16(17,18)19)12-4-6-13(7-5-12)23-10-20-9-21-23/h4-7,9-11,25H,8H2,1-3H3/t11-,15+/m1/s1. The van der Waals surface area contributed by atoms with E-state index < -0.39 is 30.1 Å². The van der Waals surface area contributed by atoms with Crippen molar-refractivity contribution in [3.8, 4) is 5.69 Å². The maximum absolute atomic E-state index is 12.7. The van der Waals surface area contributed by atoms with E-state index in [0.717, 1.165) is 11.3 Å². The Bertz CT molecular complexity index is 712. The highest BCUT2D eigenvalue weighted by molar-refractivity contribution is 5.77. The van der Waals surface area contributed by atoms with Gasteiger partial charge in [0.05, 0.1) is 18.2 Å². The molecule has 0 spiro atoms. The summed E-state index contributed by atoms with van der Waals surface area (Å²) in [5.74, 6) is -0.796. The van der Waals surface area contributed by atoms with Crippen LogP contribution in [-0.4, -0.2) is 49.5 Å². The van der Waals surface area contributed by atoms with Crippen molar-refractivity contribution in [1.29, 1.82) is 0 Å². The van der Waals surface area contributed by atoms with Crippen molar-refractivity contribution in [3.05, 3.63) is 42.5 Å². The number of rotatable bonds is 5. The van der Waals surface area contributed by atoms with Crippen LogP contribution in [0.15, 0.2) is 36.9 Å². The van der Waals surface area contributed by atoms with E-state index in [4.69, 9.17) is 0 Å². The second kappa shape index (κ2) is 6.83. The molecule has 0 aliphatic carbocycles. The second-order valence-electron chi connectivity index (χ2n) is 6.06. The van der Waals surface area contributed by atoms with Gasteiger partial charge in [-0.05, 0) is 31.5 Å². The number of nitrogens with zero attached hydrogens (tertiary/aromatic N) is 4. The van der Waals surface area contributed by atoms with Crippen molar-refractivity contribution >= 4 is 5.91 Å². The van der Waals surface area contributed by atoms with Crippen LogP contribution in [0.5, 0.6) is 0 Å². The van der Waals surface area contributed by atoms with Crippen molar-refractivity contribution in [1.82, 2.24) is 19.7 Å². The number of alkyl halides is 3. The number of carbonyl (C=O) groups excluding carboxylic acids is 1. The fourth-order valence-electron chi connectivity index (χ4n) is 2.21. The minimum absolute atomic E-state index is 0.457. The largest absolute Gasteiger partial charge is 0.417 e. The van der Waals surface area contributed by atoms with Gasteiger partial charge in [0.1, 0.15) is 12.7 Å². The van der Waals surface area contributed by atoms with Crippen molar-refractivity contribution in [2.24, 2.45) is 0 Å². The average molecular weight is 356 g/mol. The fraction of sp³-hybridized carbons (Fsp3) is 0.438. The third kappa shape index (κ3) is 4.16. The van der Waals surface area contributed by atoms with Crippen LogP contribution in [0.25, 0.3) is 5.69 Å². The molecule has 0 saturated carbocycles. The Morgan fingerprint density at radius 2 is 1.92 bits per heavy atom. The van der Waals surface area contributed by atoms with Crippen molar-refractivity contribution in [2.75, 3.05) is 7.05 Å². The Balaban J connectivity index is 2.09. The predicted octanol–water partition coefficient (Wildman–Crippen LogP) is 2.49. The van der Waals surface area contributed by atoms with Gasteiger partial charge in [-0.1, -0.05) is 12.1 Å². The van der Waals surface area contributed by atoms with E-state index in [2.05, 4.69) is 10.1 Å². The lowest BCUT2D eigenvalue weighted by Crippen LogP contribution is -2.46. The first kappa shape index (κ1) is 18.9. The van der Waals surface area contributed by atoms with E-state index in [9.17, 15) is 23.1 Å². The minimum atomic E-state index is -4.87. The quantitative estimate of drug-likeness (QED) is 0.894. The van der Waals surface area contributed by atoms with Gasteiger partial charge in [-0.25, -0.2) is 9.67 Å². The summed E-state index contributed by atoms with van der Waals surface area (Å²) < 4.78 is 39.7. The molecule has 1 aromatic heterocycles. The zero-order chi connectivity index (χ0) is 18.8. The third-order valence-corrected chi connectivity index (χ3v) is 4.14. The number of halogens is 3. The van der Waals surface area contributed by atoms with Crippen LogP contribution in [0.2, 0.25) is 0 Å². The number of aliphatic hydroxyl groups is 1. The first-order chi connectivity index (χ1) is 11.5. The van der Waals surface area contributed by atoms with E-state index in [1.807, 2.05) is 0 Å². The molecule has 0 fully saturated rings. The maximum Gasteiger partial charge on any atom is 0.417 e. The van der Waals surface area contributed by atoms with Gasteiger partial charge in [-0.2, -0.15) is 18.3 Å². The van der Waals surface area contributed by atoms with Crippen LogP contribution in [-0.2, 0) is 4.79 Å². The number of carbonyl (C=O) groups is 1. The first-order valence-corrected chi connectivity index (χ1v) is 7.52.